The second-order valence-electron chi connectivity index (χ2n) is 7.39. The SMILES string of the molecule is COCCN(C)C[C@H]1CO[C@]2(CCCN(C(=O)c3ccncc3)C2)C1. The van der Waals surface area contributed by atoms with Crippen LogP contribution >= 0.6 is 0 Å². The molecule has 6 nitrogen and oxygen atoms in total. The summed E-state index contributed by atoms with van der Waals surface area (Å²) in [7, 11) is 3.86. The number of rotatable bonds is 6. The molecule has 1 amide bonds. The third kappa shape index (κ3) is 4.57. The van der Waals surface area contributed by atoms with Crippen LogP contribution in [0.5, 0.6) is 0 Å². The van der Waals surface area contributed by atoms with E-state index in [9.17, 15) is 4.79 Å². The largest absolute Gasteiger partial charge is 0.383 e. The summed E-state index contributed by atoms with van der Waals surface area (Å²) in [6.45, 7) is 5.01. The highest BCUT2D eigenvalue weighted by molar-refractivity contribution is 5.94. The van der Waals surface area contributed by atoms with E-state index in [2.05, 4.69) is 16.9 Å². The second-order valence-corrected chi connectivity index (χ2v) is 7.39. The van der Waals surface area contributed by atoms with Crippen molar-refractivity contribution >= 4 is 5.91 Å². The maximum absolute atomic E-state index is 12.7. The molecule has 0 N–H and O–H groups in total. The highest BCUT2D eigenvalue weighted by Gasteiger charge is 2.44. The van der Waals surface area contributed by atoms with E-state index >= 15 is 0 Å². The number of likely N-dealkylation sites (tertiary alicyclic amines) is 1. The lowest BCUT2D eigenvalue weighted by Crippen LogP contribution is -2.50. The van der Waals surface area contributed by atoms with Crippen LogP contribution in [0, 0.1) is 5.92 Å². The first-order chi connectivity index (χ1) is 12.1. The predicted octanol–water partition coefficient (Wildman–Crippen LogP) is 1.67. The smallest absolute Gasteiger partial charge is 0.254 e. The molecule has 0 aromatic carbocycles. The minimum atomic E-state index is -0.159. The minimum absolute atomic E-state index is 0.0886. The highest BCUT2D eigenvalue weighted by atomic mass is 16.5. The van der Waals surface area contributed by atoms with E-state index in [1.807, 2.05) is 4.90 Å². The zero-order valence-electron chi connectivity index (χ0n) is 15.3. The van der Waals surface area contributed by atoms with Gasteiger partial charge in [0, 0.05) is 51.2 Å². The fraction of sp³-hybridized carbons (Fsp3) is 0.684. The van der Waals surface area contributed by atoms with Crippen LogP contribution in [0.4, 0.5) is 0 Å². The molecular weight excluding hydrogens is 318 g/mol. The fourth-order valence-electron chi connectivity index (χ4n) is 4.07. The van der Waals surface area contributed by atoms with Crippen molar-refractivity contribution in [1.82, 2.24) is 14.8 Å². The van der Waals surface area contributed by atoms with Crippen molar-refractivity contribution in [1.29, 1.82) is 0 Å². The number of carbonyl (C=O) groups is 1. The van der Waals surface area contributed by atoms with Crippen molar-refractivity contribution in [3.05, 3.63) is 30.1 Å². The number of aromatic nitrogens is 1. The molecule has 2 atom stereocenters. The summed E-state index contributed by atoms with van der Waals surface area (Å²) in [6.07, 6.45) is 6.43. The van der Waals surface area contributed by atoms with Crippen molar-refractivity contribution < 1.29 is 14.3 Å². The molecule has 2 fully saturated rings. The fourth-order valence-corrected chi connectivity index (χ4v) is 4.07. The van der Waals surface area contributed by atoms with Crippen LogP contribution in [-0.4, -0.2) is 79.8 Å². The number of carbonyl (C=O) groups excluding carboxylic acids is 1. The number of ether oxygens (including phenoxy) is 2. The summed E-state index contributed by atoms with van der Waals surface area (Å²) in [4.78, 5) is 21.0. The Morgan fingerprint density at radius 2 is 2.28 bits per heavy atom. The lowest BCUT2D eigenvalue weighted by atomic mass is 9.86. The van der Waals surface area contributed by atoms with Crippen LogP contribution < -0.4 is 0 Å². The molecule has 0 aliphatic carbocycles. The monoisotopic (exact) mass is 347 g/mol. The van der Waals surface area contributed by atoms with E-state index < -0.39 is 0 Å². The molecule has 2 aliphatic rings. The van der Waals surface area contributed by atoms with Crippen LogP contribution in [0.2, 0.25) is 0 Å². The Kier molecular flexibility index (Phi) is 6.04. The Hall–Kier alpha value is -1.50. The number of likely N-dealkylation sites (N-methyl/N-ethyl adjacent to an activating group) is 1. The lowest BCUT2D eigenvalue weighted by Gasteiger charge is -2.40. The lowest BCUT2D eigenvalue weighted by molar-refractivity contribution is -0.0450. The van der Waals surface area contributed by atoms with Crippen molar-refractivity contribution in [3.63, 3.8) is 0 Å². The van der Waals surface area contributed by atoms with Gasteiger partial charge in [-0.05, 0) is 44.4 Å². The first-order valence-corrected chi connectivity index (χ1v) is 9.13. The number of amides is 1. The zero-order valence-corrected chi connectivity index (χ0v) is 15.3. The molecule has 0 unspecified atom stereocenters. The Morgan fingerprint density at radius 1 is 1.48 bits per heavy atom. The summed E-state index contributed by atoms with van der Waals surface area (Å²) in [5.41, 5.74) is 0.550. The Labute approximate surface area is 150 Å². The maximum Gasteiger partial charge on any atom is 0.254 e. The van der Waals surface area contributed by atoms with Crippen LogP contribution in [0.15, 0.2) is 24.5 Å². The Balaban J connectivity index is 1.57. The molecule has 1 spiro atoms. The molecule has 3 heterocycles. The van der Waals surface area contributed by atoms with Crippen LogP contribution in [0.25, 0.3) is 0 Å². The van der Waals surface area contributed by atoms with Crippen molar-refractivity contribution in [2.24, 2.45) is 5.92 Å². The molecule has 0 radical (unpaired) electrons. The van der Waals surface area contributed by atoms with Gasteiger partial charge in [-0.25, -0.2) is 0 Å². The summed E-state index contributed by atoms with van der Waals surface area (Å²) in [6, 6.07) is 3.57. The molecule has 1 aromatic rings. The molecule has 25 heavy (non-hydrogen) atoms. The topological polar surface area (TPSA) is 54.9 Å². The molecule has 138 valence electrons. The standard InChI is InChI=1S/C19H29N3O3/c1-21(10-11-24-2)13-16-12-19(25-14-16)6-3-9-22(15-19)18(23)17-4-7-20-8-5-17/h4-5,7-8,16H,3,6,9-15H2,1-2H3/t16-,19+/m0/s1. The van der Waals surface area contributed by atoms with Crippen molar-refractivity contribution in [2.45, 2.75) is 24.9 Å². The van der Waals surface area contributed by atoms with E-state index in [0.717, 1.165) is 52.1 Å². The third-order valence-electron chi connectivity index (χ3n) is 5.29. The van der Waals surface area contributed by atoms with Crippen molar-refractivity contribution in [2.75, 3.05) is 53.6 Å². The average Bonchev–Trinajstić information content (AvgIpc) is 3.01. The van der Waals surface area contributed by atoms with E-state index in [1.54, 1.807) is 31.6 Å². The van der Waals surface area contributed by atoms with Crippen molar-refractivity contribution in [3.8, 4) is 0 Å². The molecule has 0 bridgehead atoms. The van der Waals surface area contributed by atoms with E-state index in [1.165, 1.54) is 0 Å². The first-order valence-electron chi connectivity index (χ1n) is 9.13. The number of methoxy groups -OCH3 is 1. The number of hydrogen-bond acceptors (Lipinski definition) is 5. The van der Waals surface area contributed by atoms with Gasteiger partial charge in [-0.1, -0.05) is 0 Å². The van der Waals surface area contributed by atoms with Gasteiger partial charge in [0.1, 0.15) is 0 Å². The second kappa shape index (κ2) is 8.25. The van der Waals surface area contributed by atoms with Gasteiger partial charge in [0.25, 0.3) is 5.91 Å². The maximum atomic E-state index is 12.7. The van der Waals surface area contributed by atoms with Gasteiger partial charge in [0.15, 0.2) is 0 Å². The molecular formula is C19H29N3O3. The van der Waals surface area contributed by atoms with Gasteiger partial charge in [-0.15, -0.1) is 0 Å². The first kappa shape index (κ1) is 18.3. The minimum Gasteiger partial charge on any atom is -0.383 e. The van der Waals surface area contributed by atoms with Gasteiger partial charge in [-0.2, -0.15) is 0 Å². The molecule has 1 aromatic heterocycles. The van der Waals surface area contributed by atoms with E-state index in [-0.39, 0.29) is 11.5 Å². The molecule has 0 saturated carbocycles. The van der Waals surface area contributed by atoms with Gasteiger partial charge < -0.3 is 19.3 Å². The van der Waals surface area contributed by atoms with Gasteiger partial charge in [0.05, 0.1) is 18.8 Å². The van der Waals surface area contributed by atoms with Crippen LogP contribution in [0.1, 0.15) is 29.6 Å². The number of hydrogen-bond donors (Lipinski definition) is 0. The van der Waals surface area contributed by atoms with Gasteiger partial charge in [0.2, 0.25) is 0 Å². The molecule has 2 saturated heterocycles. The molecule has 3 rings (SSSR count). The number of pyridine rings is 1. The average molecular weight is 347 g/mol. The number of piperidine rings is 1. The van der Waals surface area contributed by atoms with Crippen LogP contribution in [-0.2, 0) is 9.47 Å². The normalized spacial score (nSPS) is 26.5. The highest BCUT2D eigenvalue weighted by Crippen LogP contribution is 2.38. The van der Waals surface area contributed by atoms with E-state index in [4.69, 9.17) is 9.47 Å². The quantitative estimate of drug-likeness (QED) is 0.784. The molecule has 2 aliphatic heterocycles. The summed E-state index contributed by atoms with van der Waals surface area (Å²) >= 11 is 0. The number of nitrogens with zero attached hydrogens (tertiary/aromatic N) is 3. The van der Waals surface area contributed by atoms with E-state index in [0.29, 0.717) is 18.0 Å². The van der Waals surface area contributed by atoms with Gasteiger partial charge >= 0.3 is 0 Å². The Bertz CT molecular complexity index is 568. The third-order valence-corrected chi connectivity index (χ3v) is 5.29. The summed E-state index contributed by atoms with van der Waals surface area (Å²) in [5.74, 6) is 0.614. The summed E-state index contributed by atoms with van der Waals surface area (Å²) < 4.78 is 11.4. The molecule has 6 heteroatoms. The zero-order chi connectivity index (χ0) is 17.7. The summed E-state index contributed by atoms with van der Waals surface area (Å²) in [5, 5.41) is 0. The Morgan fingerprint density at radius 3 is 3.04 bits per heavy atom. The predicted molar refractivity (Wildman–Crippen MR) is 95.5 cm³/mol. The van der Waals surface area contributed by atoms with Gasteiger partial charge in [-0.3, -0.25) is 9.78 Å². The van der Waals surface area contributed by atoms with Crippen LogP contribution in [0.3, 0.4) is 0 Å².